The maximum atomic E-state index is 5.64. The summed E-state index contributed by atoms with van der Waals surface area (Å²) < 4.78 is 26.8. The van der Waals surface area contributed by atoms with Crippen LogP contribution in [-0.4, -0.2) is 49.2 Å². The normalized spacial score (nSPS) is 30.2. The Hall–Kier alpha value is 0.0169. The smallest absolute Gasteiger partial charge is 0.370 e. The molecule has 0 spiro atoms. The van der Waals surface area contributed by atoms with Gasteiger partial charge in [0.1, 0.15) is 0 Å². The van der Waals surface area contributed by atoms with Crippen LogP contribution in [-0.2, 0) is 22.4 Å². The largest absolute Gasteiger partial charge is 0.678 e. The van der Waals surface area contributed by atoms with Crippen molar-refractivity contribution in [1.82, 2.24) is 0 Å². The molecule has 0 radical (unpaired) electrons. The molecule has 3 atom stereocenters. The number of ether oxygens (including phenoxy) is 1. The predicted octanol–water partition coefficient (Wildman–Crippen LogP) is 2.12. The second-order valence-corrected chi connectivity index (χ2v) is 7.86. The van der Waals surface area contributed by atoms with Crippen molar-refractivity contribution in [2.75, 3.05) is 27.9 Å². The Labute approximate surface area is 117 Å². The summed E-state index contributed by atoms with van der Waals surface area (Å²) in [7, 11) is 1.86. The summed E-state index contributed by atoms with van der Waals surface area (Å²) in [4.78, 5) is 0. The molecule has 2 fully saturated rings. The van der Waals surface area contributed by atoms with Crippen molar-refractivity contribution < 1.29 is 22.4 Å². The van der Waals surface area contributed by atoms with Crippen LogP contribution in [0.2, 0.25) is 0 Å². The van der Waals surface area contributed by atoms with E-state index in [1.807, 2.05) is 0 Å². The zero-order valence-corrected chi connectivity index (χ0v) is 13.2. The molecule has 0 aromatic rings. The number of fused-ring (bicyclic) bond motifs is 1. The first-order valence-electron chi connectivity index (χ1n) is 7.18. The molecule has 0 bridgehead atoms. The molecular weight excluding hydrogens is 264 g/mol. The van der Waals surface area contributed by atoms with Crippen LogP contribution in [0.3, 0.4) is 0 Å². The molecule has 2 rings (SSSR count). The van der Waals surface area contributed by atoms with Gasteiger partial charge in [-0.2, -0.15) is 0 Å². The van der Waals surface area contributed by atoms with E-state index in [1.165, 1.54) is 32.1 Å². The van der Waals surface area contributed by atoms with Crippen molar-refractivity contribution in [1.29, 1.82) is 0 Å². The fourth-order valence-electron chi connectivity index (χ4n) is 2.91. The fraction of sp³-hybridized carbons (Fsp3) is 1.00. The molecule has 19 heavy (non-hydrogen) atoms. The number of hydrogen-bond donors (Lipinski definition) is 0. The summed E-state index contributed by atoms with van der Waals surface area (Å²) in [5.74, 6) is 0.845. The monoisotopic (exact) mass is 290 g/mol. The first-order valence-corrected chi connectivity index (χ1v) is 8.81. The first-order chi connectivity index (χ1) is 9.23. The lowest BCUT2D eigenvalue weighted by Crippen LogP contribution is -2.46. The van der Waals surface area contributed by atoms with E-state index in [0.717, 1.165) is 12.3 Å². The topological polar surface area (TPSA) is 49.5 Å². The van der Waals surface area contributed by atoms with E-state index in [4.69, 9.17) is 22.4 Å². The Bertz CT molecular complexity index is 263. The van der Waals surface area contributed by atoms with Gasteiger partial charge in [-0.25, -0.2) is 0 Å². The number of rotatable bonds is 9. The molecule has 112 valence electrons. The summed E-state index contributed by atoms with van der Waals surface area (Å²) >= 11 is 0. The third-order valence-corrected chi connectivity index (χ3v) is 6.21. The predicted molar refractivity (Wildman–Crippen MR) is 72.6 cm³/mol. The van der Waals surface area contributed by atoms with E-state index in [-0.39, 0.29) is 0 Å². The van der Waals surface area contributed by atoms with E-state index >= 15 is 0 Å². The van der Waals surface area contributed by atoms with Gasteiger partial charge < -0.3 is 22.4 Å². The van der Waals surface area contributed by atoms with Crippen molar-refractivity contribution in [2.45, 2.75) is 50.7 Å². The zero-order chi connectivity index (χ0) is 13.7. The Morgan fingerprint density at radius 1 is 1.00 bits per heavy atom. The molecule has 6 heteroatoms. The maximum Gasteiger partial charge on any atom is 0.678 e. The molecule has 3 unspecified atom stereocenters. The van der Waals surface area contributed by atoms with Crippen LogP contribution >= 0.6 is 0 Å². The Morgan fingerprint density at radius 3 is 2.37 bits per heavy atom. The van der Waals surface area contributed by atoms with Gasteiger partial charge in [0.05, 0.1) is 12.2 Å². The van der Waals surface area contributed by atoms with Crippen molar-refractivity contribution in [3.8, 4) is 0 Å². The number of hydrogen-bond acceptors (Lipinski definition) is 5. The van der Waals surface area contributed by atoms with Gasteiger partial charge in [-0.3, -0.25) is 0 Å². The molecule has 2 aliphatic rings. The molecule has 0 aromatic heterocycles. The van der Waals surface area contributed by atoms with Gasteiger partial charge in [0.25, 0.3) is 0 Å². The van der Waals surface area contributed by atoms with Crippen LogP contribution in [0.25, 0.3) is 0 Å². The number of epoxide rings is 1. The SMILES string of the molecule is CO[Si](OC)(OC)OCCCCC1CCC2OC2C1. The molecule has 0 aromatic carbocycles. The molecule has 1 saturated heterocycles. The molecular formula is C13H26O5Si. The lowest BCUT2D eigenvalue weighted by Gasteiger charge is -2.23. The second kappa shape index (κ2) is 7.15. The van der Waals surface area contributed by atoms with Crippen molar-refractivity contribution >= 4 is 9.05 Å². The molecule has 1 aliphatic carbocycles. The quantitative estimate of drug-likeness (QED) is 0.370. The van der Waals surface area contributed by atoms with Crippen molar-refractivity contribution in [3.05, 3.63) is 0 Å². The van der Waals surface area contributed by atoms with Gasteiger partial charge in [0.2, 0.25) is 0 Å². The van der Waals surface area contributed by atoms with Crippen LogP contribution in [0.4, 0.5) is 0 Å². The zero-order valence-electron chi connectivity index (χ0n) is 12.2. The first kappa shape index (κ1) is 15.4. The minimum atomic E-state index is -2.83. The Balaban J connectivity index is 1.53. The third kappa shape index (κ3) is 4.24. The second-order valence-electron chi connectivity index (χ2n) is 5.35. The minimum absolute atomic E-state index is 0.588. The van der Waals surface area contributed by atoms with Crippen LogP contribution < -0.4 is 0 Å². The molecule has 0 N–H and O–H groups in total. The van der Waals surface area contributed by atoms with Gasteiger partial charge in [0, 0.05) is 27.9 Å². The van der Waals surface area contributed by atoms with Gasteiger partial charge >= 0.3 is 9.05 Å². The lowest BCUT2D eigenvalue weighted by atomic mass is 9.86. The van der Waals surface area contributed by atoms with Crippen molar-refractivity contribution in [3.63, 3.8) is 0 Å². The highest BCUT2D eigenvalue weighted by Crippen LogP contribution is 2.41. The van der Waals surface area contributed by atoms with E-state index in [9.17, 15) is 0 Å². The van der Waals surface area contributed by atoms with Crippen molar-refractivity contribution in [2.24, 2.45) is 5.92 Å². The van der Waals surface area contributed by atoms with E-state index in [1.54, 1.807) is 21.3 Å². The minimum Gasteiger partial charge on any atom is -0.370 e. The van der Waals surface area contributed by atoms with Crippen LogP contribution in [0.1, 0.15) is 38.5 Å². The molecule has 5 nitrogen and oxygen atoms in total. The summed E-state index contributed by atoms with van der Waals surface area (Å²) in [6.45, 7) is 0.636. The fourth-order valence-corrected chi connectivity index (χ4v) is 4.16. The highest BCUT2D eigenvalue weighted by atomic mass is 28.4. The summed E-state index contributed by atoms with van der Waals surface area (Å²) in [6.07, 6.45) is 8.53. The average molecular weight is 290 g/mol. The van der Waals surface area contributed by atoms with Gasteiger partial charge in [-0.1, -0.05) is 12.8 Å². The standard InChI is InChI=1S/C13H26O5Si/c1-14-19(15-2,16-3)17-9-5-4-6-11-7-8-12-13(10-11)18-12/h11-13H,4-10H2,1-3H3. The Morgan fingerprint density at radius 2 is 1.74 bits per heavy atom. The van der Waals surface area contributed by atoms with E-state index < -0.39 is 9.05 Å². The van der Waals surface area contributed by atoms with Gasteiger partial charge in [-0.05, 0) is 31.6 Å². The molecule has 1 aliphatic heterocycles. The molecule has 1 saturated carbocycles. The number of unbranched alkanes of at least 4 members (excludes halogenated alkanes) is 1. The highest BCUT2D eigenvalue weighted by Gasteiger charge is 2.43. The lowest BCUT2D eigenvalue weighted by molar-refractivity contribution is 0.00487. The summed E-state index contributed by atoms with van der Waals surface area (Å²) in [5.41, 5.74) is 0. The highest BCUT2D eigenvalue weighted by molar-refractivity contribution is 6.53. The third-order valence-electron chi connectivity index (χ3n) is 4.15. The van der Waals surface area contributed by atoms with Crippen LogP contribution in [0, 0.1) is 5.92 Å². The maximum absolute atomic E-state index is 5.64. The summed E-state index contributed by atoms with van der Waals surface area (Å²) in [5, 5.41) is 0. The molecule has 0 amide bonds. The average Bonchev–Trinajstić information content (AvgIpc) is 3.22. The van der Waals surface area contributed by atoms with E-state index in [0.29, 0.717) is 18.8 Å². The van der Waals surface area contributed by atoms with Crippen LogP contribution in [0.5, 0.6) is 0 Å². The Kier molecular flexibility index (Phi) is 5.80. The van der Waals surface area contributed by atoms with Gasteiger partial charge in [-0.15, -0.1) is 0 Å². The van der Waals surface area contributed by atoms with E-state index in [2.05, 4.69) is 0 Å². The van der Waals surface area contributed by atoms with Crippen LogP contribution in [0.15, 0.2) is 0 Å². The van der Waals surface area contributed by atoms with Gasteiger partial charge in [0.15, 0.2) is 0 Å². The summed E-state index contributed by atoms with van der Waals surface area (Å²) in [6, 6.07) is 0. The molecule has 1 heterocycles.